The highest BCUT2D eigenvalue weighted by Gasteiger charge is 2.10. The van der Waals surface area contributed by atoms with E-state index in [1.54, 1.807) is 43.5 Å². The highest BCUT2D eigenvalue weighted by molar-refractivity contribution is 5.94. The molecule has 0 radical (unpaired) electrons. The van der Waals surface area contributed by atoms with Gasteiger partial charge in [-0.2, -0.15) is 0 Å². The zero-order chi connectivity index (χ0) is 15.8. The summed E-state index contributed by atoms with van der Waals surface area (Å²) in [6.07, 6.45) is 0. The Bertz CT molecular complexity index is 622. The number of benzene rings is 1. The molecule has 0 saturated carbocycles. The van der Waals surface area contributed by atoms with E-state index in [4.69, 9.17) is 9.15 Å². The Morgan fingerprint density at radius 2 is 1.68 bits per heavy atom. The minimum absolute atomic E-state index is 0.171. The summed E-state index contributed by atoms with van der Waals surface area (Å²) in [5.74, 6) is 0.318. The Morgan fingerprint density at radius 1 is 1.00 bits per heavy atom. The van der Waals surface area contributed by atoms with Crippen LogP contribution in [-0.2, 0) is 11.3 Å². The summed E-state index contributed by atoms with van der Waals surface area (Å²) in [7, 11) is 1.55. The molecule has 2 rings (SSSR count). The van der Waals surface area contributed by atoms with Crippen molar-refractivity contribution in [1.82, 2.24) is 10.6 Å². The first-order valence-corrected chi connectivity index (χ1v) is 6.90. The Labute approximate surface area is 128 Å². The number of nitrogens with one attached hydrogen (secondary N) is 2. The molecule has 2 N–H and O–H groups in total. The second kappa shape index (κ2) is 7.99. The third-order valence-corrected chi connectivity index (χ3v) is 2.90. The van der Waals surface area contributed by atoms with Crippen LogP contribution >= 0.6 is 0 Å². The molecule has 1 heterocycles. The van der Waals surface area contributed by atoms with Gasteiger partial charge in [0.2, 0.25) is 0 Å². The standard InChI is InChI=1S/C16H18N2O4/c1-21-11-13-7-8-14(22-13)16(20)18-10-9-17-15(19)12-5-3-2-4-6-12/h2-8H,9-11H2,1H3,(H,17,19)(H,18,20). The number of hydrogen-bond acceptors (Lipinski definition) is 4. The monoisotopic (exact) mass is 302 g/mol. The molecule has 2 amide bonds. The minimum Gasteiger partial charge on any atom is -0.453 e. The molecule has 0 aliphatic carbocycles. The maximum Gasteiger partial charge on any atom is 0.287 e. The van der Waals surface area contributed by atoms with Crippen LogP contribution in [-0.4, -0.2) is 32.0 Å². The second-order valence-corrected chi connectivity index (χ2v) is 4.58. The SMILES string of the molecule is COCc1ccc(C(=O)NCCNC(=O)c2ccccc2)o1. The van der Waals surface area contributed by atoms with E-state index in [2.05, 4.69) is 10.6 Å². The van der Waals surface area contributed by atoms with E-state index in [0.29, 0.717) is 31.0 Å². The number of methoxy groups -OCH3 is 1. The van der Waals surface area contributed by atoms with Gasteiger partial charge < -0.3 is 19.8 Å². The number of rotatable bonds is 7. The molecule has 0 atom stereocenters. The number of ether oxygens (including phenoxy) is 1. The summed E-state index contributed by atoms with van der Waals surface area (Å²) in [5, 5.41) is 5.40. The molecule has 0 aliphatic rings. The molecule has 1 aromatic heterocycles. The lowest BCUT2D eigenvalue weighted by molar-refractivity contribution is 0.0904. The summed E-state index contributed by atoms with van der Waals surface area (Å²) in [6.45, 7) is 0.975. The molecule has 116 valence electrons. The van der Waals surface area contributed by atoms with E-state index in [0.717, 1.165) is 0 Å². The Kier molecular flexibility index (Phi) is 5.73. The molecule has 0 bridgehead atoms. The van der Waals surface area contributed by atoms with Crippen LogP contribution in [0.15, 0.2) is 46.9 Å². The van der Waals surface area contributed by atoms with E-state index < -0.39 is 0 Å². The van der Waals surface area contributed by atoms with Crippen LogP contribution in [0.5, 0.6) is 0 Å². The predicted molar refractivity (Wildman–Crippen MR) is 80.5 cm³/mol. The fourth-order valence-electron chi connectivity index (χ4n) is 1.85. The second-order valence-electron chi connectivity index (χ2n) is 4.58. The van der Waals surface area contributed by atoms with Gasteiger partial charge in [0.15, 0.2) is 5.76 Å². The van der Waals surface area contributed by atoms with Gasteiger partial charge in [0.25, 0.3) is 11.8 Å². The first-order chi connectivity index (χ1) is 10.7. The Balaban J connectivity index is 1.71. The van der Waals surface area contributed by atoms with Crippen molar-refractivity contribution in [3.63, 3.8) is 0 Å². The van der Waals surface area contributed by atoms with Crippen LogP contribution in [0.25, 0.3) is 0 Å². The summed E-state index contributed by atoms with van der Waals surface area (Å²) < 4.78 is 10.2. The average Bonchev–Trinajstić information content (AvgIpc) is 3.01. The number of amides is 2. The van der Waals surface area contributed by atoms with E-state index >= 15 is 0 Å². The van der Waals surface area contributed by atoms with Gasteiger partial charge in [-0.3, -0.25) is 9.59 Å². The van der Waals surface area contributed by atoms with Crippen LogP contribution in [0.4, 0.5) is 0 Å². The van der Waals surface area contributed by atoms with Gasteiger partial charge in [-0.15, -0.1) is 0 Å². The first kappa shape index (κ1) is 15.8. The van der Waals surface area contributed by atoms with Crippen molar-refractivity contribution in [3.8, 4) is 0 Å². The van der Waals surface area contributed by atoms with Crippen molar-refractivity contribution in [3.05, 3.63) is 59.5 Å². The Hall–Kier alpha value is -2.60. The van der Waals surface area contributed by atoms with Crippen molar-refractivity contribution < 1.29 is 18.7 Å². The van der Waals surface area contributed by atoms with Crippen molar-refractivity contribution >= 4 is 11.8 Å². The molecule has 0 unspecified atom stereocenters. The molecule has 6 heteroatoms. The van der Waals surface area contributed by atoms with Crippen molar-refractivity contribution in [2.75, 3.05) is 20.2 Å². The molecule has 2 aromatic rings. The molecule has 0 spiro atoms. The van der Waals surface area contributed by atoms with Crippen LogP contribution in [0.2, 0.25) is 0 Å². The van der Waals surface area contributed by atoms with Gasteiger partial charge in [-0.1, -0.05) is 18.2 Å². The van der Waals surface area contributed by atoms with Gasteiger partial charge in [-0.25, -0.2) is 0 Å². The van der Waals surface area contributed by atoms with Gasteiger partial charge in [0.05, 0.1) is 0 Å². The van der Waals surface area contributed by atoms with Gasteiger partial charge in [-0.05, 0) is 24.3 Å². The highest BCUT2D eigenvalue weighted by atomic mass is 16.5. The summed E-state index contributed by atoms with van der Waals surface area (Å²) in [5.41, 5.74) is 0.587. The smallest absolute Gasteiger partial charge is 0.287 e. The lowest BCUT2D eigenvalue weighted by Gasteiger charge is -2.06. The van der Waals surface area contributed by atoms with Crippen LogP contribution in [0, 0.1) is 0 Å². The van der Waals surface area contributed by atoms with E-state index in [-0.39, 0.29) is 17.6 Å². The van der Waals surface area contributed by atoms with E-state index in [9.17, 15) is 9.59 Å². The normalized spacial score (nSPS) is 10.2. The molecule has 0 saturated heterocycles. The number of hydrogen-bond donors (Lipinski definition) is 2. The molecular weight excluding hydrogens is 284 g/mol. The maximum atomic E-state index is 11.8. The predicted octanol–water partition coefficient (Wildman–Crippen LogP) is 1.59. The number of carbonyl (C=O) groups is 2. The lowest BCUT2D eigenvalue weighted by Crippen LogP contribution is -2.34. The molecule has 0 fully saturated rings. The van der Waals surface area contributed by atoms with Crippen molar-refractivity contribution in [2.24, 2.45) is 0 Å². The quantitative estimate of drug-likeness (QED) is 0.761. The molecule has 1 aromatic carbocycles. The minimum atomic E-state index is -0.323. The summed E-state index contributed by atoms with van der Waals surface area (Å²) >= 11 is 0. The number of carbonyl (C=O) groups excluding carboxylic acids is 2. The first-order valence-electron chi connectivity index (χ1n) is 6.90. The van der Waals surface area contributed by atoms with E-state index in [1.807, 2.05) is 6.07 Å². The summed E-state index contributed by atoms with van der Waals surface area (Å²) in [4.78, 5) is 23.6. The maximum absolute atomic E-state index is 11.8. The molecule has 22 heavy (non-hydrogen) atoms. The van der Waals surface area contributed by atoms with Gasteiger partial charge in [0.1, 0.15) is 12.4 Å². The fourth-order valence-corrected chi connectivity index (χ4v) is 1.85. The lowest BCUT2D eigenvalue weighted by atomic mass is 10.2. The number of furan rings is 1. The third-order valence-electron chi connectivity index (χ3n) is 2.90. The van der Waals surface area contributed by atoms with Crippen LogP contribution in [0.1, 0.15) is 26.7 Å². The molecule has 6 nitrogen and oxygen atoms in total. The Morgan fingerprint density at radius 3 is 2.36 bits per heavy atom. The van der Waals surface area contributed by atoms with Gasteiger partial charge in [0, 0.05) is 25.8 Å². The zero-order valence-corrected chi connectivity index (χ0v) is 12.3. The van der Waals surface area contributed by atoms with Crippen molar-refractivity contribution in [2.45, 2.75) is 6.61 Å². The average molecular weight is 302 g/mol. The highest BCUT2D eigenvalue weighted by Crippen LogP contribution is 2.08. The van der Waals surface area contributed by atoms with Crippen LogP contribution < -0.4 is 10.6 Å². The van der Waals surface area contributed by atoms with Crippen molar-refractivity contribution in [1.29, 1.82) is 0 Å². The molecular formula is C16H18N2O4. The van der Waals surface area contributed by atoms with Crippen LogP contribution in [0.3, 0.4) is 0 Å². The summed E-state index contributed by atoms with van der Waals surface area (Å²) in [6, 6.07) is 12.2. The zero-order valence-electron chi connectivity index (χ0n) is 12.3. The van der Waals surface area contributed by atoms with Gasteiger partial charge >= 0.3 is 0 Å². The fraction of sp³-hybridized carbons (Fsp3) is 0.250. The molecule has 0 aliphatic heterocycles. The van der Waals surface area contributed by atoms with E-state index in [1.165, 1.54) is 0 Å². The third kappa shape index (κ3) is 4.46. The largest absolute Gasteiger partial charge is 0.453 e. The topological polar surface area (TPSA) is 80.6 Å².